The van der Waals surface area contributed by atoms with Crippen LogP contribution in [0, 0.1) is 5.41 Å². The van der Waals surface area contributed by atoms with Crippen molar-refractivity contribution in [3.63, 3.8) is 0 Å². The van der Waals surface area contributed by atoms with Gasteiger partial charge in [0.15, 0.2) is 0 Å². The Morgan fingerprint density at radius 2 is 2.07 bits per heavy atom. The Bertz CT molecular complexity index is 425. The van der Waals surface area contributed by atoms with E-state index in [-0.39, 0.29) is 0 Å². The van der Waals surface area contributed by atoms with Crippen molar-refractivity contribution in [2.24, 2.45) is 0 Å². The molecule has 0 aromatic heterocycles. The average Bonchev–Trinajstić information content (AvgIpc) is 2.54. The van der Waals surface area contributed by atoms with Gasteiger partial charge in [0.2, 0.25) is 0 Å². The van der Waals surface area contributed by atoms with Crippen LogP contribution >= 0.6 is 0 Å². The van der Waals surface area contributed by atoms with Crippen molar-refractivity contribution in [2.45, 2.75) is 13.3 Å². The third-order valence-corrected chi connectivity index (χ3v) is 2.48. The number of nitrogens with one attached hydrogen (secondary N) is 1. The number of allylic oxidation sites excluding steroid dienone is 4. The lowest BCUT2D eigenvalue weighted by Crippen LogP contribution is -1.94. The summed E-state index contributed by atoms with van der Waals surface area (Å²) in [6, 6.07) is 8.14. The second-order valence-electron chi connectivity index (χ2n) is 3.43. The van der Waals surface area contributed by atoms with Crippen LogP contribution in [0.2, 0.25) is 0 Å². The van der Waals surface area contributed by atoms with Crippen LogP contribution in [-0.4, -0.2) is 5.71 Å². The zero-order valence-corrected chi connectivity index (χ0v) is 8.25. The smallest absolute Gasteiger partial charge is 0.0650 e. The summed E-state index contributed by atoms with van der Waals surface area (Å²) >= 11 is 0. The molecule has 1 nitrogen and oxygen atoms in total. The van der Waals surface area contributed by atoms with Gasteiger partial charge in [-0.05, 0) is 18.1 Å². The van der Waals surface area contributed by atoms with Gasteiger partial charge in [-0.2, -0.15) is 0 Å². The van der Waals surface area contributed by atoms with Gasteiger partial charge in [-0.3, -0.25) is 5.41 Å². The predicted molar refractivity (Wildman–Crippen MR) is 59.9 cm³/mol. The fourth-order valence-electron chi connectivity index (χ4n) is 1.74. The zero-order valence-electron chi connectivity index (χ0n) is 8.25. The third-order valence-electron chi connectivity index (χ3n) is 2.48. The number of benzene rings is 1. The Hall–Kier alpha value is -1.63. The van der Waals surface area contributed by atoms with Gasteiger partial charge in [-0.25, -0.2) is 0 Å². The van der Waals surface area contributed by atoms with E-state index in [1.165, 1.54) is 5.56 Å². The summed E-state index contributed by atoms with van der Waals surface area (Å²) in [4.78, 5) is 0. The van der Waals surface area contributed by atoms with Crippen molar-refractivity contribution < 1.29 is 0 Å². The maximum atomic E-state index is 7.96. The summed E-state index contributed by atoms with van der Waals surface area (Å²) in [7, 11) is 0. The van der Waals surface area contributed by atoms with E-state index in [2.05, 4.69) is 6.07 Å². The molecule has 1 heteroatoms. The minimum atomic E-state index is 0.679. The van der Waals surface area contributed by atoms with E-state index < -0.39 is 0 Å². The van der Waals surface area contributed by atoms with Crippen molar-refractivity contribution >= 4 is 5.71 Å². The number of rotatable bonds is 1. The van der Waals surface area contributed by atoms with Gasteiger partial charge in [0, 0.05) is 12.0 Å². The maximum Gasteiger partial charge on any atom is 0.0650 e. The van der Waals surface area contributed by atoms with Gasteiger partial charge in [0.1, 0.15) is 0 Å². The monoisotopic (exact) mass is 183 g/mol. The molecule has 0 bridgehead atoms. The van der Waals surface area contributed by atoms with Gasteiger partial charge in [-0.15, -0.1) is 0 Å². The van der Waals surface area contributed by atoms with Gasteiger partial charge in [-0.1, -0.05) is 42.5 Å². The molecule has 0 amide bonds. The van der Waals surface area contributed by atoms with Gasteiger partial charge in [0.05, 0.1) is 5.71 Å². The van der Waals surface area contributed by atoms with Crippen LogP contribution in [0.3, 0.4) is 0 Å². The number of hydrogen-bond acceptors (Lipinski definition) is 1. The Balaban J connectivity index is 2.39. The fraction of sp³-hybridized carbons (Fsp3) is 0.154. The topological polar surface area (TPSA) is 23.9 Å². The highest BCUT2D eigenvalue weighted by Crippen LogP contribution is 2.25. The highest BCUT2D eigenvalue weighted by Gasteiger charge is 2.19. The fourth-order valence-corrected chi connectivity index (χ4v) is 1.74. The van der Waals surface area contributed by atoms with Crippen LogP contribution in [0.4, 0.5) is 0 Å². The Morgan fingerprint density at radius 3 is 2.79 bits per heavy atom. The number of fused-ring (bicyclic) bond motifs is 1. The number of hydrogen-bond donors (Lipinski definition) is 1. The molecule has 1 N–H and O–H groups in total. The Kier molecular flexibility index (Phi) is 2.32. The lowest BCUT2D eigenvalue weighted by atomic mass is 10.1. The molecule has 0 aliphatic heterocycles. The molecule has 14 heavy (non-hydrogen) atoms. The molecule has 1 aliphatic rings. The highest BCUT2D eigenvalue weighted by molar-refractivity contribution is 6.14. The first-order valence-electron chi connectivity index (χ1n) is 4.82. The van der Waals surface area contributed by atoms with Crippen LogP contribution in [0.15, 0.2) is 48.1 Å². The minimum Gasteiger partial charge on any atom is -0.300 e. The van der Waals surface area contributed by atoms with Gasteiger partial charge in [0.25, 0.3) is 0 Å². The summed E-state index contributed by atoms with van der Waals surface area (Å²) in [5.74, 6) is 0. The Labute approximate surface area is 84.3 Å². The lowest BCUT2D eigenvalue weighted by Gasteiger charge is -1.95. The molecule has 1 aromatic carbocycles. The first-order chi connectivity index (χ1) is 6.83. The van der Waals surface area contributed by atoms with E-state index in [0.29, 0.717) is 5.71 Å². The van der Waals surface area contributed by atoms with E-state index in [0.717, 1.165) is 17.6 Å². The van der Waals surface area contributed by atoms with Crippen LogP contribution in [0.25, 0.3) is 0 Å². The summed E-state index contributed by atoms with van der Waals surface area (Å²) in [5.41, 5.74) is 4.15. The SMILES string of the molecule is C/C=C\C=C1\Cc2ccccc2C1=N. The van der Waals surface area contributed by atoms with Crippen molar-refractivity contribution in [3.05, 3.63) is 59.2 Å². The van der Waals surface area contributed by atoms with E-state index in [1.54, 1.807) is 0 Å². The minimum absolute atomic E-state index is 0.679. The summed E-state index contributed by atoms with van der Waals surface area (Å²) in [5, 5.41) is 7.96. The van der Waals surface area contributed by atoms with Crippen molar-refractivity contribution in [1.29, 1.82) is 5.41 Å². The third kappa shape index (κ3) is 1.41. The van der Waals surface area contributed by atoms with Gasteiger partial charge >= 0.3 is 0 Å². The van der Waals surface area contributed by atoms with Gasteiger partial charge < -0.3 is 0 Å². The molecule has 0 saturated heterocycles. The summed E-state index contributed by atoms with van der Waals surface area (Å²) < 4.78 is 0. The summed E-state index contributed by atoms with van der Waals surface area (Å²) in [6.07, 6.45) is 6.92. The normalized spacial score (nSPS) is 18.1. The van der Waals surface area contributed by atoms with Crippen LogP contribution in [0.5, 0.6) is 0 Å². The van der Waals surface area contributed by atoms with Crippen molar-refractivity contribution in [3.8, 4) is 0 Å². The molecule has 1 aromatic rings. The van der Waals surface area contributed by atoms with Crippen LogP contribution < -0.4 is 0 Å². The molecule has 0 heterocycles. The molecule has 70 valence electrons. The molecule has 1 aliphatic carbocycles. The molecule has 2 rings (SSSR count). The first-order valence-corrected chi connectivity index (χ1v) is 4.82. The molecule has 0 saturated carbocycles. The second kappa shape index (κ2) is 3.62. The van der Waals surface area contributed by atoms with E-state index in [4.69, 9.17) is 5.41 Å². The quantitative estimate of drug-likeness (QED) is 0.691. The highest BCUT2D eigenvalue weighted by atomic mass is 14.5. The molecule has 0 unspecified atom stereocenters. The molecule has 0 spiro atoms. The largest absolute Gasteiger partial charge is 0.300 e. The predicted octanol–water partition coefficient (Wildman–Crippen LogP) is 3.11. The van der Waals surface area contributed by atoms with Crippen molar-refractivity contribution in [1.82, 2.24) is 0 Å². The van der Waals surface area contributed by atoms with E-state index in [1.807, 2.05) is 43.4 Å². The van der Waals surface area contributed by atoms with Crippen LogP contribution in [0.1, 0.15) is 18.1 Å². The van der Waals surface area contributed by atoms with E-state index >= 15 is 0 Å². The van der Waals surface area contributed by atoms with Crippen LogP contribution in [-0.2, 0) is 6.42 Å². The summed E-state index contributed by atoms with van der Waals surface area (Å²) in [6.45, 7) is 1.99. The zero-order chi connectivity index (χ0) is 9.97. The molecular formula is C13H13N. The van der Waals surface area contributed by atoms with E-state index in [9.17, 15) is 0 Å². The second-order valence-corrected chi connectivity index (χ2v) is 3.43. The lowest BCUT2D eigenvalue weighted by molar-refractivity contribution is 1.27. The first kappa shape index (κ1) is 8.95. The maximum absolute atomic E-state index is 7.96. The molecule has 0 atom stereocenters. The molecule has 0 radical (unpaired) electrons. The Morgan fingerprint density at radius 1 is 1.29 bits per heavy atom. The van der Waals surface area contributed by atoms with Crippen molar-refractivity contribution in [2.75, 3.05) is 0 Å². The molecule has 0 fully saturated rings. The molecular weight excluding hydrogens is 170 g/mol. The standard InChI is InChI=1S/C13H13N/c1-2-3-6-11-9-10-7-4-5-8-12(10)13(11)14/h2-8,14H,9H2,1H3/b3-2-,11-6-,14-13?. The average molecular weight is 183 g/mol.